The van der Waals surface area contributed by atoms with E-state index >= 15 is 0 Å². The number of nitrogens with zero attached hydrogens (tertiary/aromatic N) is 2. The first-order valence-corrected chi connectivity index (χ1v) is 10.8. The maximum Gasteiger partial charge on any atom is 0.312 e. The second-order valence-corrected chi connectivity index (χ2v) is 7.83. The maximum absolute atomic E-state index is 12.4. The molecule has 0 radical (unpaired) electrons. The average molecular weight is 428 g/mol. The second-order valence-electron chi connectivity index (χ2n) is 6.41. The molecule has 1 aromatic carbocycles. The Morgan fingerprint density at radius 1 is 1.25 bits per heavy atom. The highest BCUT2D eigenvalue weighted by Gasteiger charge is 2.24. The molecular formula is C18H26ClN5O3S. The quantitative estimate of drug-likeness (QED) is 0.571. The van der Waals surface area contributed by atoms with Gasteiger partial charge in [0.15, 0.2) is 0 Å². The van der Waals surface area contributed by atoms with Crippen LogP contribution in [0.2, 0.25) is 5.02 Å². The molecule has 154 valence electrons. The van der Waals surface area contributed by atoms with Crippen molar-refractivity contribution < 1.29 is 14.4 Å². The summed E-state index contributed by atoms with van der Waals surface area (Å²) in [5, 5.41) is 5.70. The fourth-order valence-corrected chi connectivity index (χ4v) is 3.62. The van der Waals surface area contributed by atoms with Crippen LogP contribution < -0.4 is 21.3 Å². The normalized spacial score (nSPS) is 15.1. The van der Waals surface area contributed by atoms with E-state index < -0.39 is 18.0 Å². The Hall–Kier alpha value is -2.13. The summed E-state index contributed by atoms with van der Waals surface area (Å²) < 4.78 is 0. The molecule has 1 saturated heterocycles. The Morgan fingerprint density at radius 3 is 2.57 bits per heavy atom. The number of rotatable bonds is 8. The average Bonchev–Trinajstić information content (AvgIpc) is 2.69. The van der Waals surface area contributed by atoms with Crippen molar-refractivity contribution in [3.8, 4) is 0 Å². The maximum atomic E-state index is 12.4. The number of anilines is 1. The third kappa shape index (κ3) is 6.79. The fourth-order valence-electron chi connectivity index (χ4n) is 2.96. The van der Waals surface area contributed by atoms with E-state index in [1.807, 2.05) is 30.5 Å². The van der Waals surface area contributed by atoms with Crippen LogP contribution in [0.1, 0.15) is 6.42 Å². The monoisotopic (exact) mass is 427 g/mol. The first-order valence-electron chi connectivity index (χ1n) is 9.01. The SMILES string of the molecule is CSCCC(NC(N)=O)C(=O)NCC(=O)N1CCN(c2cccc(Cl)c2)CC1. The van der Waals surface area contributed by atoms with Crippen molar-refractivity contribution in [3.63, 3.8) is 0 Å². The number of thioether (sulfide) groups is 1. The zero-order valence-corrected chi connectivity index (χ0v) is 17.4. The van der Waals surface area contributed by atoms with E-state index in [1.54, 1.807) is 16.7 Å². The number of carbonyl (C=O) groups excluding carboxylic acids is 3. The molecule has 4 N–H and O–H groups in total. The predicted molar refractivity (Wildman–Crippen MR) is 113 cm³/mol. The van der Waals surface area contributed by atoms with Crippen LogP contribution in [-0.2, 0) is 9.59 Å². The number of hydrogen-bond acceptors (Lipinski definition) is 5. The van der Waals surface area contributed by atoms with E-state index in [2.05, 4.69) is 15.5 Å². The van der Waals surface area contributed by atoms with Crippen LogP contribution in [0.25, 0.3) is 0 Å². The molecule has 8 nitrogen and oxygen atoms in total. The van der Waals surface area contributed by atoms with E-state index in [1.165, 1.54) is 0 Å². The Labute approximate surface area is 174 Å². The van der Waals surface area contributed by atoms with Crippen molar-refractivity contribution in [2.24, 2.45) is 5.73 Å². The standard InChI is InChI=1S/C18H26ClN5O3S/c1-28-10-5-15(22-18(20)27)17(26)21-12-16(25)24-8-6-23(7-9-24)14-4-2-3-13(19)11-14/h2-4,11,15H,5-10,12H2,1H3,(H,21,26)(H3,20,22,27). The van der Waals surface area contributed by atoms with E-state index in [4.69, 9.17) is 17.3 Å². The molecule has 0 aromatic heterocycles. The Balaban J connectivity index is 1.80. The van der Waals surface area contributed by atoms with Crippen LogP contribution in [0.4, 0.5) is 10.5 Å². The number of halogens is 1. The van der Waals surface area contributed by atoms with E-state index in [9.17, 15) is 14.4 Å². The van der Waals surface area contributed by atoms with Crippen LogP contribution in [0.15, 0.2) is 24.3 Å². The van der Waals surface area contributed by atoms with Gasteiger partial charge in [-0.3, -0.25) is 9.59 Å². The Bertz CT molecular complexity index is 698. The molecule has 1 heterocycles. The predicted octanol–water partition coefficient (Wildman–Crippen LogP) is 0.895. The minimum absolute atomic E-state index is 0.105. The molecule has 1 atom stereocenters. The summed E-state index contributed by atoms with van der Waals surface area (Å²) in [5.74, 6) is 0.137. The van der Waals surface area contributed by atoms with Gasteiger partial charge in [-0.1, -0.05) is 17.7 Å². The third-order valence-electron chi connectivity index (χ3n) is 4.46. The van der Waals surface area contributed by atoms with E-state index in [0.29, 0.717) is 43.4 Å². The number of amides is 4. The largest absolute Gasteiger partial charge is 0.368 e. The minimum atomic E-state index is -0.760. The van der Waals surface area contributed by atoms with E-state index in [-0.39, 0.29) is 12.5 Å². The van der Waals surface area contributed by atoms with Crippen LogP contribution in [0, 0.1) is 0 Å². The summed E-state index contributed by atoms with van der Waals surface area (Å²) in [6, 6.07) is 6.12. The number of hydrogen-bond donors (Lipinski definition) is 3. The van der Waals surface area contributed by atoms with Crippen molar-refractivity contribution in [2.45, 2.75) is 12.5 Å². The van der Waals surface area contributed by atoms with Crippen molar-refractivity contribution in [1.82, 2.24) is 15.5 Å². The number of carbonyl (C=O) groups is 3. The highest BCUT2D eigenvalue weighted by atomic mass is 35.5. The Morgan fingerprint density at radius 2 is 1.96 bits per heavy atom. The molecule has 1 aliphatic rings. The van der Waals surface area contributed by atoms with Crippen molar-refractivity contribution >= 4 is 46.9 Å². The highest BCUT2D eigenvalue weighted by molar-refractivity contribution is 7.98. The number of nitrogens with two attached hydrogens (primary N) is 1. The first kappa shape index (κ1) is 22.2. The van der Waals surface area contributed by atoms with Gasteiger partial charge in [0.05, 0.1) is 6.54 Å². The summed E-state index contributed by atoms with van der Waals surface area (Å²) >= 11 is 7.60. The zero-order chi connectivity index (χ0) is 20.5. The first-order chi connectivity index (χ1) is 13.4. The van der Waals surface area contributed by atoms with Crippen molar-refractivity contribution in [3.05, 3.63) is 29.3 Å². The smallest absolute Gasteiger partial charge is 0.312 e. The van der Waals surface area contributed by atoms with E-state index in [0.717, 1.165) is 5.69 Å². The number of nitrogens with one attached hydrogen (secondary N) is 2. The van der Waals surface area contributed by atoms with Gasteiger partial charge in [0, 0.05) is 36.9 Å². The molecule has 0 spiro atoms. The van der Waals surface area contributed by atoms with Crippen molar-refractivity contribution in [2.75, 3.05) is 49.6 Å². The number of benzene rings is 1. The molecule has 1 fully saturated rings. The van der Waals surface area contributed by atoms with Crippen molar-refractivity contribution in [1.29, 1.82) is 0 Å². The zero-order valence-electron chi connectivity index (χ0n) is 15.8. The Kier molecular flexibility index (Phi) is 8.72. The summed E-state index contributed by atoms with van der Waals surface area (Å²) in [6.07, 6.45) is 2.36. The van der Waals surface area contributed by atoms with Gasteiger partial charge < -0.3 is 26.2 Å². The topological polar surface area (TPSA) is 108 Å². The summed E-state index contributed by atoms with van der Waals surface area (Å²) in [7, 11) is 0. The van der Waals surface area contributed by atoms with Crippen LogP contribution in [0.3, 0.4) is 0 Å². The van der Waals surface area contributed by atoms with Crippen LogP contribution in [-0.4, -0.2) is 73.5 Å². The minimum Gasteiger partial charge on any atom is -0.368 e. The highest BCUT2D eigenvalue weighted by Crippen LogP contribution is 2.20. The lowest BCUT2D eigenvalue weighted by Gasteiger charge is -2.36. The van der Waals surface area contributed by atoms with Crippen LogP contribution >= 0.6 is 23.4 Å². The summed E-state index contributed by atoms with van der Waals surface area (Å²) in [6.45, 7) is 2.42. The van der Waals surface area contributed by atoms with Crippen LogP contribution in [0.5, 0.6) is 0 Å². The molecule has 1 aromatic rings. The molecule has 0 saturated carbocycles. The molecule has 4 amide bonds. The van der Waals surface area contributed by atoms with Gasteiger partial charge in [0.1, 0.15) is 6.04 Å². The molecule has 0 bridgehead atoms. The molecule has 2 rings (SSSR count). The molecule has 0 aliphatic carbocycles. The summed E-state index contributed by atoms with van der Waals surface area (Å²) in [4.78, 5) is 39.6. The van der Waals surface area contributed by atoms with Gasteiger partial charge in [0.2, 0.25) is 11.8 Å². The van der Waals surface area contributed by atoms with Gasteiger partial charge in [0.25, 0.3) is 0 Å². The molecular weight excluding hydrogens is 402 g/mol. The lowest BCUT2D eigenvalue weighted by atomic mass is 10.2. The molecule has 28 heavy (non-hydrogen) atoms. The third-order valence-corrected chi connectivity index (χ3v) is 5.34. The fraction of sp³-hybridized carbons (Fsp3) is 0.500. The molecule has 1 unspecified atom stereocenters. The van der Waals surface area contributed by atoms with Gasteiger partial charge >= 0.3 is 6.03 Å². The summed E-state index contributed by atoms with van der Waals surface area (Å²) in [5.41, 5.74) is 6.15. The number of piperazine rings is 1. The van der Waals surface area contributed by atoms with Gasteiger partial charge in [-0.05, 0) is 36.6 Å². The van der Waals surface area contributed by atoms with Gasteiger partial charge in [-0.15, -0.1) is 0 Å². The lowest BCUT2D eigenvalue weighted by molar-refractivity contribution is -0.133. The number of urea groups is 1. The second kappa shape index (κ2) is 11.0. The molecule has 10 heteroatoms. The molecule has 1 aliphatic heterocycles. The van der Waals surface area contributed by atoms with Gasteiger partial charge in [-0.25, -0.2) is 4.79 Å². The lowest BCUT2D eigenvalue weighted by Crippen LogP contribution is -2.53. The van der Waals surface area contributed by atoms with Gasteiger partial charge in [-0.2, -0.15) is 11.8 Å². The number of primary amides is 1.